The molecule has 5 nitrogen and oxygen atoms in total. The van der Waals surface area contributed by atoms with Crippen molar-refractivity contribution in [1.82, 2.24) is 4.90 Å². The minimum Gasteiger partial charge on any atom is -0.454 e. The molecule has 1 amide bonds. The summed E-state index contributed by atoms with van der Waals surface area (Å²) in [6, 6.07) is 7.74. The first-order valence-electron chi connectivity index (χ1n) is 6.20. The molecule has 0 N–H and O–H groups in total. The van der Waals surface area contributed by atoms with Crippen molar-refractivity contribution >= 4 is 5.91 Å². The Hall–Kier alpha value is -2.22. The third-order valence-corrected chi connectivity index (χ3v) is 3.58. The highest BCUT2D eigenvalue weighted by atomic mass is 16.7. The highest BCUT2D eigenvalue weighted by Gasteiger charge is 2.51. The first kappa shape index (κ1) is 11.8. The largest absolute Gasteiger partial charge is 0.454 e. The molecular weight excluding hydrogens is 244 g/mol. The van der Waals surface area contributed by atoms with Crippen LogP contribution < -0.4 is 9.47 Å². The molecule has 0 bridgehead atoms. The predicted octanol–water partition coefficient (Wildman–Crippen LogP) is 1.68. The number of ether oxygens (including phenoxy) is 2. The van der Waals surface area contributed by atoms with Gasteiger partial charge in [0.25, 0.3) is 0 Å². The van der Waals surface area contributed by atoms with Crippen molar-refractivity contribution in [3.05, 3.63) is 23.8 Å². The fourth-order valence-corrected chi connectivity index (χ4v) is 2.25. The number of nitriles is 1. The maximum absolute atomic E-state index is 12.1. The van der Waals surface area contributed by atoms with Crippen LogP contribution in [0.5, 0.6) is 11.5 Å². The number of amides is 1. The Morgan fingerprint density at radius 2 is 2.16 bits per heavy atom. The zero-order chi connectivity index (χ0) is 13.5. The Kier molecular flexibility index (Phi) is 2.59. The number of carbonyl (C=O) groups is 1. The molecule has 0 unspecified atom stereocenters. The van der Waals surface area contributed by atoms with E-state index in [1.54, 1.807) is 11.9 Å². The number of hydrogen-bond acceptors (Lipinski definition) is 4. The number of hydrogen-bond donors (Lipinski definition) is 0. The van der Waals surface area contributed by atoms with Crippen LogP contribution in [-0.2, 0) is 11.3 Å². The fraction of sp³-hybridized carbons (Fsp3) is 0.429. The van der Waals surface area contributed by atoms with Gasteiger partial charge in [0.1, 0.15) is 5.41 Å². The van der Waals surface area contributed by atoms with Gasteiger partial charge in [-0.05, 0) is 30.5 Å². The molecule has 1 aliphatic carbocycles. The number of rotatable bonds is 3. The van der Waals surface area contributed by atoms with E-state index in [1.807, 2.05) is 18.2 Å². The fourth-order valence-electron chi connectivity index (χ4n) is 2.25. The smallest absolute Gasteiger partial charge is 0.243 e. The summed E-state index contributed by atoms with van der Waals surface area (Å²) in [6.45, 7) is 0.712. The summed E-state index contributed by atoms with van der Waals surface area (Å²) in [7, 11) is 1.73. The Morgan fingerprint density at radius 3 is 2.84 bits per heavy atom. The molecule has 19 heavy (non-hydrogen) atoms. The summed E-state index contributed by atoms with van der Waals surface area (Å²) >= 11 is 0. The molecule has 1 aromatic carbocycles. The second-order valence-electron chi connectivity index (χ2n) is 5.04. The summed E-state index contributed by atoms with van der Waals surface area (Å²) in [5.74, 6) is 1.35. The van der Waals surface area contributed by atoms with Gasteiger partial charge in [-0.3, -0.25) is 4.79 Å². The van der Waals surface area contributed by atoms with Crippen LogP contribution in [0.4, 0.5) is 0 Å². The Bertz CT molecular complexity index is 573. The maximum atomic E-state index is 12.1. The standard InChI is InChI=1S/C14H14N2O3/c1-16(13(17)14(8-15)4-5-14)7-10-2-3-11-12(6-10)19-9-18-11/h2-3,6H,4-5,7,9H2,1H3. The quantitative estimate of drug-likeness (QED) is 0.827. The molecule has 0 saturated heterocycles. The van der Waals surface area contributed by atoms with Gasteiger partial charge >= 0.3 is 0 Å². The monoisotopic (exact) mass is 258 g/mol. The molecule has 2 aliphatic rings. The van der Waals surface area contributed by atoms with Gasteiger partial charge in [0.2, 0.25) is 12.7 Å². The van der Waals surface area contributed by atoms with Crippen molar-refractivity contribution in [2.45, 2.75) is 19.4 Å². The van der Waals surface area contributed by atoms with Gasteiger partial charge in [0, 0.05) is 13.6 Å². The molecule has 5 heteroatoms. The molecule has 0 radical (unpaired) electrons. The van der Waals surface area contributed by atoms with Gasteiger partial charge in [0.15, 0.2) is 11.5 Å². The number of benzene rings is 1. The van der Waals surface area contributed by atoms with Crippen LogP contribution in [0.3, 0.4) is 0 Å². The summed E-state index contributed by atoms with van der Waals surface area (Å²) in [5, 5.41) is 9.03. The summed E-state index contributed by atoms with van der Waals surface area (Å²) < 4.78 is 10.5. The normalized spacial score (nSPS) is 17.7. The molecule has 0 atom stereocenters. The van der Waals surface area contributed by atoms with Gasteiger partial charge in [-0.25, -0.2) is 0 Å². The van der Waals surface area contributed by atoms with E-state index >= 15 is 0 Å². The van der Waals surface area contributed by atoms with Crippen LogP contribution in [0, 0.1) is 16.7 Å². The average molecular weight is 258 g/mol. The van der Waals surface area contributed by atoms with Crippen LogP contribution in [0.2, 0.25) is 0 Å². The lowest BCUT2D eigenvalue weighted by atomic mass is 10.1. The Morgan fingerprint density at radius 1 is 1.42 bits per heavy atom. The number of fused-ring (bicyclic) bond motifs is 1. The minimum absolute atomic E-state index is 0.0901. The lowest BCUT2D eigenvalue weighted by Gasteiger charge is -2.19. The average Bonchev–Trinajstić information content (AvgIpc) is 3.09. The van der Waals surface area contributed by atoms with E-state index in [-0.39, 0.29) is 12.7 Å². The minimum atomic E-state index is -0.759. The van der Waals surface area contributed by atoms with Crippen LogP contribution >= 0.6 is 0 Å². The summed E-state index contributed by atoms with van der Waals surface area (Å²) in [5.41, 5.74) is 0.208. The Labute approximate surface area is 111 Å². The van der Waals surface area contributed by atoms with Crippen molar-refractivity contribution in [2.24, 2.45) is 5.41 Å². The lowest BCUT2D eigenvalue weighted by molar-refractivity contribution is -0.134. The SMILES string of the molecule is CN(Cc1ccc2c(c1)OCO2)C(=O)C1(C#N)CC1. The molecule has 1 aliphatic heterocycles. The molecule has 3 rings (SSSR count). The number of carbonyl (C=O) groups excluding carboxylic acids is 1. The van der Waals surface area contributed by atoms with Crippen molar-refractivity contribution < 1.29 is 14.3 Å². The van der Waals surface area contributed by atoms with E-state index in [0.717, 1.165) is 11.3 Å². The molecule has 1 aromatic rings. The second kappa shape index (κ2) is 4.16. The van der Waals surface area contributed by atoms with Crippen LogP contribution in [0.15, 0.2) is 18.2 Å². The maximum Gasteiger partial charge on any atom is 0.243 e. The van der Waals surface area contributed by atoms with E-state index in [0.29, 0.717) is 25.1 Å². The van der Waals surface area contributed by atoms with E-state index in [9.17, 15) is 4.79 Å². The van der Waals surface area contributed by atoms with Crippen LogP contribution in [0.1, 0.15) is 18.4 Å². The van der Waals surface area contributed by atoms with E-state index in [4.69, 9.17) is 14.7 Å². The first-order chi connectivity index (χ1) is 9.14. The zero-order valence-corrected chi connectivity index (χ0v) is 10.7. The van der Waals surface area contributed by atoms with Gasteiger partial charge in [-0.1, -0.05) is 6.07 Å². The zero-order valence-electron chi connectivity index (χ0n) is 10.7. The lowest BCUT2D eigenvalue weighted by Crippen LogP contribution is -2.32. The molecular formula is C14H14N2O3. The van der Waals surface area contributed by atoms with Crippen molar-refractivity contribution in [1.29, 1.82) is 5.26 Å². The van der Waals surface area contributed by atoms with Gasteiger partial charge in [-0.2, -0.15) is 5.26 Å². The molecule has 0 spiro atoms. The van der Waals surface area contributed by atoms with E-state index < -0.39 is 5.41 Å². The third-order valence-electron chi connectivity index (χ3n) is 3.58. The van der Waals surface area contributed by atoms with Crippen molar-refractivity contribution in [2.75, 3.05) is 13.8 Å². The van der Waals surface area contributed by atoms with Gasteiger partial charge in [0.05, 0.1) is 6.07 Å². The van der Waals surface area contributed by atoms with Gasteiger partial charge < -0.3 is 14.4 Å². The topological polar surface area (TPSA) is 62.6 Å². The predicted molar refractivity (Wildman–Crippen MR) is 66.3 cm³/mol. The van der Waals surface area contributed by atoms with E-state index in [1.165, 1.54) is 0 Å². The first-order valence-corrected chi connectivity index (χ1v) is 6.20. The molecule has 1 fully saturated rings. The molecule has 1 saturated carbocycles. The molecule has 1 heterocycles. The highest BCUT2D eigenvalue weighted by Crippen LogP contribution is 2.46. The third kappa shape index (κ3) is 1.99. The molecule has 0 aromatic heterocycles. The highest BCUT2D eigenvalue weighted by molar-refractivity contribution is 5.88. The Balaban J connectivity index is 1.72. The number of nitrogens with zero attached hydrogens (tertiary/aromatic N) is 2. The summed E-state index contributed by atoms with van der Waals surface area (Å²) in [6.07, 6.45) is 1.35. The van der Waals surface area contributed by atoms with Gasteiger partial charge in [-0.15, -0.1) is 0 Å². The second-order valence-corrected chi connectivity index (χ2v) is 5.04. The van der Waals surface area contributed by atoms with Crippen LogP contribution in [0.25, 0.3) is 0 Å². The van der Waals surface area contributed by atoms with Crippen molar-refractivity contribution in [3.63, 3.8) is 0 Å². The summed E-state index contributed by atoms with van der Waals surface area (Å²) in [4.78, 5) is 13.7. The van der Waals surface area contributed by atoms with Crippen LogP contribution in [-0.4, -0.2) is 24.6 Å². The van der Waals surface area contributed by atoms with E-state index in [2.05, 4.69) is 6.07 Å². The van der Waals surface area contributed by atoms with Crippen molar-refractivity contribution in [3.8, 4) is 17.6 Å². The molecule has 98 valence electrons.